The first-order chi connectivity index (χ1) is 13.9. The van der Waals surface area contributed by atoms with Crippen LogP contribution in [0.5, 0.6) is 0 Å². The zero-order chi connectivity index (χ0) is 22.5. The van der Waals surface area contributed by atoms with Crippen molar-refractivity contribution in [2.75, 3.05) is 0 Å². The highest BCUT2D eigenvalue weighted by atomic mass is 16.5. The quantitative estimate of drug-likeness (QED) is 0.426. The van der Waals surface area contributed by atoms with Crippen molar-refractivity contribution in [2.45, 2.75) is 80.1 Å². The third-order valence-corrected chi connectivity index (χ3v) is 5.94. The van der Waals surface area contributed by atoms with Crippen molar-refractivity contribution < 1.29 is 9.47 Å². The smallest absolute Gasteiger partial charge is 0.181 e. The second-order valence-corrected chi connectivity index (χ2v) is 10.2. The van der Waals surface area contributed by atoms with E-state index in [4.69, 9.17) is 19.7 Å². The second kappa shape index (κ2) is 9.40. The number of ether oxygens (including phenoxy) is 2. The van der Waals surface area contributed by atoms with Gasteiger partial charge in [-0.25, -0.2) is 0 Å². The number of hydrogen-bond donors (Lipinski definition) is 0. The van der Waals surface area contributed by atoms with E-state index in [0.29, 0.717) is 13.2 Å². The van der Waals surface area contributed by atoms with Crippen LogP contribution < -0.4 is 0 Å². The molecule has 4 nitrogen and oxygen atoms in total. The highest BCUT2D eigenvalue weighted by Crippen LogP contribution is 2.40. The molecule has 0 saturated heterocycles. The van der Waals surface area contributed by atoms with E-state index >= 15 is 0 Å². The molecule has 2 aromatic carbocycles. The molecule has 30 heavy (non-hydrogen) atoms. The first-order valence-electron chi connectivity index (χ1n) is 10.7. The minimum atomic E-state index is -0.800. The van der Waals surface area contributed by atoms with Crippen LogP contribution in [-0.2, 0) is 22.7 Å². The van der Waals surface area contributed by atoms with E-state index in [1.54, 1.807) is 0 Å². The SMILES string of the molecule is CC(C)(C)C(C)(N=NC(C)(OCc1ccccc1)C(C)(C)C)OCc1ccccc1. The normalized spacial score (nSPS) is 16.9. The summed E-state index contributed by atoms with van der Waals surface area (Å²) in [6.45, 7) is 17.7. The topological polar surface area (TPSA) is 43.2 Å². The van der Waals surface area contributed by atoms with Gasteiger partial charge >= 0.3 is 0 Å². The minimum absolute atomic E-state index is 0.247. The van der Waals surface area contributed by atoms with Crippen LogP contribution in [0.15, 0.2) is 70.9 Å². The van der Waals surface area contributed by atoms with Crippen molar-refractivity contribution >= 4 is 0 Å². The molecule has 2 rings (SSSR count). The molecular weight excluding hydrogens is 372 g/mol. The van der Waals surface area contributed by atoms with E-state index in [9.17, 15) is 0 Å². The summed E-state index contributed by atoms with van der Waals surface area (Å²) >= 11 is 0. The fourth-order valence-electron chi connectivity index (χ4n) is 2.58. The Labute approximate surface area is 182 Å². The highest BCUT2D eigenvalue weighted by Gasteiger charge is 2.43. The molecule has 0 aliphatic carbocycles. The van der Waals surface area contributed by atoms with Crippen molar-refractivity contribution in [3.63, 3.8) is 0 Å². The van der Waals surface area contributed by atoms with Crippen LogP contribution in [0.25, 0.3) is 0 Å². The van der Waals surface area contributed by atoms with Gasteiger partial charge in [0.15, 0.2) is 11.4 Å². The van der Waals surface area contributed by atoms with Crippen LogP contribution in [0.4, 0.5) is 0 Å². The maximum absolute atomic E-state index is 6.33. The van der Waals surface area contributed by atoms with Gasteiger partial charge in [-0.1, -0.05) is 102 Å². The summed E-state index contributed by atoms with van der Waals surface area (Å²) in [5, 5.41) is 9.54. The average Bonchev–Trinajstić information content (AvgIpc) is 2.69. The van der Waals surface area contributed by atoms with Gasteiger partial charge in [0.2, 0.25) is 0 Å². The van der Waals surface area contributed by atoms with Crippen molar-refractivity contribution in [3.05, 3.63) is 71.8 Å². The lowest BCUT2D eigenvalue weighted by atomic mass is 9.83. The molecule has 0 spiro atoms. The van der Waals surface area contributed by atoms with Crippen LogP contribution in [0.2, 0.25) is 0 Å². The van der Waals surface area contributed by atoms with Crippen molar-refractivity contribution in [1.82, 2.24) is 0 Å². The Kier molecular flexibility index (Phi) is 7.59. The third-order valence-electron chi connectivity index (χ3n) is 5.94. The van der Waals surface area contributed by atoms with Crippen molar-refractivity contribution in [3.8, 4) is 0 Å². The fraction of sp³-hybridized carbons (Fsp3) is 0.538. The summed E-state index contributed by atoms with van der Waals surface area (Å²) < 4.78 is 12.7. The van der Waals surface area contributed by atoms with E-state index in [0.717, 1.165) is 11.1 Å². The summed E-state index contributed by atoms with van der Waals surface area (Å²) in [5.41, 5.74) is 0.133. The van der Waals surface area contributed by atoms with Crippen LogP contribution >= 0.6 is 0 Å². The maximum atomic E-state index is 6.33. The molecule has 0 aromatic heterocycles. The molecule has 0 bridgehead atoms. The van der Waals surface area contributed by atoms with Gasteiger partial charge in [-0.3, -0.25) is 0 Å². The van der Waals surface area contributed by atoms with Gasteiger partial charge in [0.1, 0.15) is 0 Å². The number of benzene rings is 2. The molecule has 164 valence electrons. The third kappa shape index (κ3) is 6.23. The largest absolute Gasteiger partial charge is 0.347 e. The van der Waals surface area contributed by atoms with Crippen molar-refractivity contribution in [1.29, 1.82) is 0 Å². The molecule has 0 saturated carbocycles. The van der Waals surface area contributed by atoms with Gasteiger partial charge < -0.3 is 9.47 Å². The second-order valence-electron chi connectivity index (χ2n) is 10.2. The minimum Gasteiger partial charge on any atom is -0.347 e. The number of azo groups is 1. The van der Waals surface area contributed by atoms with Gasteiger partial charge in [-0.2, -0.15) is 10.2 Å². The van der Waals surface area contributed by atoms with Crippen LogP contribution in [0.3, 0.4) is 0 Å². The Morgan fingerprint density at radius 2 is 0.833 bits per heavy atom. The molecule has 4 heteroatoms. The molecule has 2 unspecified atom stereocenters. The van der Waals surface area contributed by atoms with Crippen molar-refractivity contribution in [2.24, 2.45) is 21.1 Å². The fourth-order valence-corrected chi connectivity index (χ4v) is 2.58. The average molecular weight is 411 g/mol. The summed E-state index contributed by atoms with van der Waals surface area (Å²) in [5.74, 6) is 0. The van der Waals surface area contributed by atoms with Gasteiger partial charge in [-0.15, -0.1) is 0 Å². The molecule has 0 radical (unpaired) electrons. The van der Waals surface area contributed by atoms with E-state index in [1.165, 1.54) is 0 Å². The Morgan fingerprint density at radius 3 is 1.10 bits per heavy atom. The Balaban J connectivity index is 2.25. The summed E-state index contributed by atoms with van der Waals surface area (Å²) in [6, 6.07) is 20.3. The first kappa shape index (κ1) is 24.2. The standard InChI is InChI=1S/C26H38N2O2/c1-23(2,3)25(7,29-19-21-15-11-9-12-16-21)27-28-26(8,24(4,5)6)30-20-22-17-13-10-14-18-22/h9-18H,19-20H2,1-8H3. The molecule has 0 amide bonds. The van der Waals surface area contributed by atoms with Gasteiger partial charge in [0.25, 0.3) is 0 Å². The Bertz CT molecular complexity index is 737. The van der Waals surface area contributed by atoms with Gasteiger partial charge in [0, 0.05) is 10.8 Å². The van der Waals surface area contributed by atoms with E-state index in [2.05, 4.69) is 65.8 Å². The zero-order valence-corrected chi connectivity index (χ0v) is 19.9. The summed E-state index contributed by atoms with van der Waals surface area (Å²) in [6.07, 6.45) is 0. The highest BCUT2D eigenvalue weighted by molar-refractivity contribution is 5.14. The van der Waals surface area contributed by atoms with E-state index in [1.807, 2.05) is 50.2 Å². The predicted octanol–water partition coefficient (Wildman–Crippen LogP) is 7.40. The van der Waals surface area contributed by atoms with Gasteiger partial charge in [-0.05, 0) is 25.0 Å². The Morgan fingerprint density at radius 1 is 0.533 bits per heavy atom. The Hall–Kier alpha value is -2.04. The molecular formula is C26H38N2O2. The molecule has 0 N–H and O–H groups in total. The van der Waals surface area contributed by atoms with Gasteiger partial charge in [0.05, 0.1) is 13.2 Å². The lowest BCUT2D eigenvalue weighted by molar-refractivity contribution is -0.139. The molecule has 0 fully saturated rings. The maximum Gasteiger partial charge on any atom is 0.181 e. The zero-order valence-electron chi connectivity index (χ0n) is 19.9. The lowest BCUT2D eigenvalue weighted by Gasteiger charge is -2.41. The summed E-state index contributed by atoms with van der Waals surface area (Å²) in [7, 11) is 0. The summed E-state index contributed by atoms with van der Waals surface area (Å²) in [4.78, 5) is 0. The first-order valence-corrected chi connectivity index (χ1v) is 10.7. The molecule has 2 atom stereocenters. The monoisotopic (exact) mass is 410 g/mol. The molecule has 0 heterocycles. The number of rotatable bonds is 8. The van der Waals surface area contributed by atoms with Crippen LogP contribution in [0, 0.1) is 10.8 Å². The van der Waals surface area contributed by atoms with E-state index < -0.39 is 11.4 Å². The van der Waals surface area contributed by atoms with Crippen LogP contribution in [0.1, 0.15) is 66.5 Å². The van der Waals surface area contributed by atoms with E-state index in [-0.39, 0.29) is 10.8 Å². The molecule has 0 aliphatic rings. The predicted molar refractivity (Wildman–Crippen MR) is 123 cm³/mol. The number of nitrogens with zero attached hydrogens (tertiary/aromatic N) is 2. The lowest BCUT2D eigenvalue weighted by Crippen LogP contribution is -2.44. The number of hydrogen-bond acceptors (Lipinski definition) is 4. The molecule has 0 aliphatic heterocycles. The van der Waals surface area contributed by atoms with Crippen LogP contribution in [-0.4, -0.2) is 11.4 Å². The molecule has 2 aromatic rings.